The lowest BCUT2D eigenvalue weighted by molar-refractivity contribution is 0.0606. The Morgan fingerprint density at radius 1 is 1.47 bits per heavy atom. The van der Waals surface area contributed by atoms with Gasteiger partial charge in [0, 0.05) is 20.4 Å². The van der Waals surface area contributed by atoms with E-state index in [2.05, 4.69) is 10.4 Å². The van der Waals surface area contributed by atoms with E-state index < -0.39 is 0 Å². The van der Waals surface area contributed by atoms with Crippen molar-refractivity contribution < 1.29 is 4.74 Å². The molecule has 1 fully saturated rings. The molecule has 1 heterocycles. The summed E-state index contributed by atoms with van der Waals surface area (Å²) in [4.78, 5) is 0. The number of aryl methyl sites for hydroxylation is 1. The second-order valence-electron chi connectivity index (χ2n) is 4.21. The topological polar surface area (TPSA) is 39.1 Å². The van der Waals surface area contributed by atoms with E-state index in [0.29, 0.717) is 12.1 Å². The van der Waals surface area contributed by atoms with Crippen LogP contribution in [-0.2, 0) is 11.8 Å². The van der Waals surface area contributed by atoms with Crippen LogP contribution in [0.1, 0.15) is 25.7 Å². The molecule has 1 aromatic heterocycles. The van der Waals surface area contributed by atoms with Gasteiger partial charge in [-0.1, -0.05) is 12.8 Å². The Balaban J connectivity index is 1.97. The number of hydrogen-bond acceptors (Lipinski definition) is 3. The Labute approximate surface area is 90.6 Å². The minimum Gasteiger partial charge on any atom is -0.379 e. The summed E-state index contributed by atoms with van der Waals surface area (Å²) in [6.07, 6.45) is 9.13. The maximum absolute atomic E-state index is 5.49. The largest absolute Gasteiger partial charge is 0.379 e. The Morgan fingerprint density at radius 2 is 2.27 bits per heavy atom. The fraction of sp³-hybridized carbons (Fsp3) is 0.727. The van der Waals surface area contributed by atoms with Gasteiger partial charge in [-0.25, -0.2) is 0 Å². The SMILES string of the molecule is COC1CCCCC1Nc1cnn(C)c1. The second kappa shape index (κ2) is 4.66. The Bertz CT molecular complexity index is 311. The molecule has 4 heteroatoms. The highest BCUT2D eigenvalue weighted by Gasteiger charge is 2.24. The molecule has 1 N–H and O–H groups in total. The van der Waals surface area contributed by atoms with Gasteiger partial charge in [-0.3, -0.25) is 4.68 Å². The van der Waals surface area contributed by atoms with Crippen molar-refractivity contribution >= 4 is 5.69 Å². The number of hydrogen-bond donors (Lipinski definition) is 1. The first-order chi connectivity index (χ1) is 7.29. The smallest absolute Gasteiger partial charge is 0.0772 e. The Kier molecular flexibility index (Phi) is 3.26. The molecule has 2 atom stereocenters. The number of nitrogens with zero attached hydrogens (tertiary/aromatic N) is 2. The summed E-state index contributed by atoms with van der Waals surface area (Å²) in [5.74, 6) is 0. The van der Waals surface area contributed by atoms with Gasteiger partial charge in [0.05, 0.1) is 24.0 Å². The highest BCUT2D eigenvalue weighted by molar-refractivity contribution is 5.39. The molecule has 0 spiro atoms. The second-order valence-corrected chi connectivity index (χ2v) is 4.21. The van der Waals surface area contributed by atoms with Crippen molar-refractivity contribution in [1.29, 1.82) is 0 Å². The minimum absolute atomic E-state index is 0.346. The highest BCUT2D eigenvalue weighted by Crippen LogP contribution is 2.23. The lowest BCUT2D eigenvalue weighted by Crippen LogP contribution is -2.37. The van der Waals surface area contributed by atoms with Gasteiger partial charge in [0.2, 0.25) is 0 Å². The highest BCUT2D eigenvalue weighted by atomic mass is 16.5. The van der Waals surface area contributed by atoms with E-state index in [9.17, 15) is 0 Å². The van der Waals surface area contributed by atoms with Crippen molar-refractivity contribution in [2.24, 2.45) is 7.05 Å². The summed E-state index contributed by atoms with van der Waals surface area (Å²) in [5.41, 5.74) is 1.09. The molecular weight excluding hydrogens is 190 g/mol. The first-order valence-corrected chi connectivity index (χ1v) is 5.57. The molecule has 0 aliphatic heterocycles. The normalized spacial score (nSPS) is 26.5. The summed E-state index contributed by atoms with van der Waals surface area (Å²) >= 11 is 0. The van der Waals surface area contributed by atoms with Crippen molar-refractivity contribution in [3.05, 3.63) is 12.4 Å². The van der Waals surface area contributed by atoms with Crippen LogP contribution in [0.3, 0.4) is 0 Å². The average molecular weight is 209 g/mol. The van der Waals surface area contributed by atoms with Gasteiger partial charge < -0.3 is 10.1 Å². The minimum atomic E-state index is 0.346. The Hall–Kier alpha value is -1.03. The van der Waals surface area contributed by atoms with E-state index in [1.807, 2.05) is 24.1 Å². The maximum Gasteiger partial charge on any atom is 0.0772 e. The summed E-state index contributed by atoms with van der Waals surface area (Å²) < 4.78 is 7.31. The number of rotatable bonds is 3. The zero-order valence-electron chi connectivity index (χ0n) is 9.44. The number of aromatic nitrogens is 2. The number of methoxy groups -OCH3 is 1. The van der Waals surface area contributed by atoms with Crippen LogP contribution in [0.5, 0.6) is 0 Å². The molecule has 0 aromatic carbocycles. The first kappa shape index (κ1) is 10.5. The molecule has 2 unspecified atom stereocenters. The molecule has 84 valence electrons. The average Bonchev–Trinajstić information content (AvgIpc) is 2.65. The van der Waals surface area contributed by atoms with Crippen molar-refractivity contribution in [2.75, 3.05) is 12.4 Å². The zero-order valence-corrected chi connectivity index (χ0v) is 9.44. The van der Waals surface area contributed by atoms with Gasteiger partial charge in [0.1, 0.15) is 0 Å². The summed E-state index contributed by atoms with van der Waals surface area (Å²) in [6, 6.07) is 0.438. The van der Waals surface area contributed by atoms with Gasteiger partial charge in [0.15, 0.2) is 0 Å². The van der Waals surface area contributed by atoms with Crippen LogP contribution in [-0.4, -0.2) is 29.0 Å². The van der Waals surface area contributed by atoms with Crippen LogP contribution in [0, 0.1) is 0 Å². The van der Waals surface area contributed by atoms with Crippen LogP contribution in [0.4, 0.5) is 5.69 Å². The van der Waals surface area contributed by atoms with E-state index in [-0.39, 0.29) is 0 Å². The maximum atomic E-state index is 5.49. The molecule has 4 nitrogen and oxygen atoms in total. The van der Waals surface area contributed by atoms with Gasteiger partial charge in [0.25, 0.3) is 0 Å². The van der Waals surface area contributed by atoms with E-state index >= 15 is 0 Å². The van der Waals surface area contributed by atoms with Crippen LogP contribution in [0.25, 0.3) is 0 Å². The van der Waals surface area contributed by atoms with Crippen molar-refractivity contribution in [2.45, 2.75) is 37.8 Å². The lowest BCUT2D eigenvalue weighted by Gasteiger charge is -2.31. The molecule has 2 rings (SSSR count). The molecule has 1 saturated carbocycles. The van der Waals surface area contributed by atoms with Gasteiger partial charge in [-0.2, -0.15) is 5.10 Å². The van der Waals surface area contributed by atoms with E-state index in [1.165, 1.54) is 19.3 Å². The monoisotopic (exact) mass is 209 g/mol. The number of ether oxygens (including phenoxy) is 1. The molecule has 15 heavy (non-hydrogen) atoms. The third-order valence-electron chi connectivity index (χ3n) is 3.06. The molecule has 0 bridgehead atoms. The van der Waals surface area contributed by atoms with E-state index in [0.717, 1.165) is 12.1 Å². The van der Waals surface area contributed by atoms with E-state index in [4.69, 9.17) is 4.74 Å². The summed E-state index contributed by atoms with van der Waals surface area (Å²) in [5, 5.41) is 7.64. The predicted molar refractivity (Wildman–Crippen MR) is 59.9 cm³/mol. The van der Waals surface area contributed by atoms with E-state index in [1.54, 1.807) is 7.11 Å². The third-order valence-corrected chi connectivity index (χ3v) is 3.06. The summed E-state index contributed by atoms with van der Waals surface area (Å²) in [6.45, 7) is 0. The molecule has 1 aliphatic carbocycles. The molecule has 0 amide bonds. The van der Waals surface area contributed by atoms with Crippen LogP contribution < -0.4 is 5.32 Å². The van der Waals surface area contributed by atoms with Gasteiger partial charge in [-0.15, -0.1) is 0 Å². The van der Waals surface area contributed by atoms with Crippen LogP contribution in [0.2, 0.25) is 0 Å². The molecule has 1 aliphatic rings. The molecule has 0 radical (unpaired) electrons. The zero-order chi connectivity index (χ0) is 10.7. The molecule has 0 saturated heterocycles. The standard InChI is InChI=1S/C11H19N3O/c1-14-8-9(7-12-14)13-10-5-3-4-6-11(10)15-2/h7-8,10-11,13H,3-6H2,1-2H3. The van der Waals surface area contributed by atoms with Crippen molar-refractivity contribution in [3.8, 4) is 0 Å². The molecule has 1 aromatic rings. The Morgan fingerprint density at radius 3 is 2.93 bits per heavy atom. The number of anilines is 1. The predicted octanol–water partition coefficient (Wildman–Crippen LogP) is 1.79. The van der Waals surface area contributed by atoms with Gasteiger partial charge >= 0.3 is 0 Å². The van der Waals surface area contributed by atoms with Crippen LogP contribution in [0.15, 0.2) is 12.4 Å². The quantitative estimate of drug-likeness (QED) is 0.825. The fourth-order valence-electron chi connectivity index (χ4n) is 2.25. The van der Waals surface area contributed by atoms with Gasteiger partial charge in [-0.05, 0) is 12.8 Å². The number of nitrogens with one attached hydrogen (secondary N) is 1. The molecular formula is C11H19N3O. The first-order valence-electron chi connectivity index (χ1n) is 5.57. The lowest BCUT2D eigenvalue weighted by atomic mass is 9.92. The van der Waals surface area contributed by atoms with Crippen molar-refractivity contribution in [1.82, 2.24) is 9.78 Å². The fourth-order valence-corrected chi connectivity index (χ4v) is 2.25. The summed E-state index contributed by atoms with van der Waals surface area (Å²) in [7, 11) is 3.73. The third kappa shape index (κ3) is 2.50. The van der Waals surface area contributed by atoms with Crippen molar-refractivity contribution in [3.63, 3.8) is 0 Å². The van der Waals surface area contributed by atoms with Crippen LogP contribution >= 0.6 is 0 Å².